The molecule has 6 heteroatoms. The zero-order chi connectivity index (χ0) is 13.4. The Morgan fingerprint density at radius 2 is 2.05 bits per heavy atom. The highest BCUT2D eigenvalue weighted by atomic mass is 16.2. The van der Waals surface area contributed by atoms with Crippen molar-refractivity contribution in [2.75, 3.05) is 17.2 Å². The fourth-order valence-electron chi connectivity index (χ4n) is 2.18. The van der Waals surface area contributed by atoms with Crippen molar-refractivity contribution < 1.29 is 9.59 Å². The summed E-state index contributed by atoms with van der Waals surface area (Å²) in [5.74, 6) is 0.187. The van der Waals surface area contributed by atoms with Gasteiger partial charge in [0.15, 0.2) is 0 Å². The summed E-state index contributed by atoms with van der Waals surface area (Å²) in [6.07, 6.45) is 0.296. The molecule has 1 fully saturated rings. The number of benzene rings is 1. The van der Waals surface area contributed by atoms with Crippen LogP contribution in [0.2, 0.25) is 0 Å². The standard InChI is InChI=1S/C13H12N4O2/c14-11-5-4-8-9(15-11)2-1-3-10(8)17-7-6-12(18)16-13(17)19/h1-5H,6-7H2,(H2,14,15)(H,16,18,19). The highest BCUT2D eigenvalue weighted by molar-refractivity contribution is 6.09. The molecule has 0 atom stereocenters. The van der Waals surface area contributed by atoms with E-state index in [4.69, 9.17) is 5.73 Å². The molecule has 0 unspecified atom stereocenters. The van der Waals surface area contributed by atoms with Crippen LogP contribution < -0.4 is 16.0 Å². The van der Waals surface area contributed by atoms with Crippen molar-refractivity contribution in [2.24, 2.45) is 0 Å². The zero-order valence-corrected chi connectivity index (χ0v) is 10.1. The number of fused-ring (bicyclic) bond motifs is 1. The molecule has 2 heterocycles. The molecule has 0 bridgehead atoms. The summed E-state index contributed by atoms with van der Waals surface area (Å²) < 4.78 is 0. The third-order valence-corrected chi connectivity index (χ3v) is 3.08. The lowest BCUT2D eigenvalue weighted by Gasteiger charge is -2.27. The predicted octanol–water partition coefficient (Wildman–Crippen LogP) is 1.26. The van der Waals surface area contributed by atoms with Crippen LogP contribution in [0.4, 0.5) is 16.3 Å². The number of nitrogens with two attached hydrogens (primary N) is 1. The van der Waals surface area contributed by atoms with Gasteiger partial charge in [-0.15, -0.1) is 0 Å². The van der Waals surface area contributed by atoms with Crippen molar-refractivity contribution in [3.05, 3.63) is 30.3 Å². The Morgan fingerprint density at radius 1 is 1.21 bits per heavy atom. The van der Waals surface area contributed by atoms with Crippen LogP contribution in [0.5, 0.6) is 0 Å². The molecule has 2 aromatic rings. The van der Waals surface area contributed by atoms with E-state index in [1.165, 1.54) is 0 Å². The van der Waals surface area contributed by atoms with Crippen LogP contribution in [0.15, 0.2) is 30.3 Å². The molecule has 1 aliphatic rings. The molecule has 0 radical (unpaired) electrons. The Hall–Kier alpha value is -2.63. The Kier molecular flexibility index (Phi) is 2.56. The van der Waals surface area contributed by atoms with Crippen LogP contribution in [0.3, 0.4) is 0 Å². The molecule has 0 saturated carbocycles. The summed E-state index contributed by atoms with van der Waals surface area (Å²) in [5.41, 5.74) is 7.10. The molecule has 3 amide bonds. The third-order valence-electron chi connectivity index (χ3n) is 3.08. The highest BCUT2D eigenvalue weighted by Gasteiger charge is 2.25. The Morgan fingerprint density at radius 3 is 2.84 bits per heavy atom. The van der Waals surface area contributed by atoms with Crippen LogP contribution in [0.25, 0.3) is 10.9 Å². The van der Waals surface area contributed by atoms with Crippen LogP contribution in [-0.2, 0) is 4.79 Å². The van der Waals surface area contributed by atoms with Crippen LogP contribution in [-0.4, -0.2) is 23.5 Å². The molecular weight excluding hydrogens is 244 g/mol. The summed E-state index contributed by atoms with van der Waals surface area (Å²) in [4.78, 5) is 28.8. The summed E-state index contributed by atoms with van der Waals surface area (Å²) in [6, 6.07) is 8.60. The molecule has 3 rings (SSSR count). The quantitative estimate of drug-likeness (QED) is 0.804. The van der Waals surface area contributed by atoms with Gasteiger partial charge in [-0.1, -0.05) is 6.07 Å². The van der Waals surface area contributed by atoms with E-state index in [-0.39, 0.29) is 5.91 Å². The second-order valence-corrected chi connectivity index (χ2v) is 4.33. The van der Waals surface area contributed by atoms with Gasteiger partial charge in [-0.3, -0.25) is 15.0 Å². The number of urea groups is 1. The lowest BCUT2D eigenvalue weighted by Crippen LogP contribution is -2.49. The number of nitrogens with one attached hydrogen (secondary N) is 1. The number of rotatable bonds is 1. The second-order valence-electron chi connectivity index (χ2n) is 4.33. The zero-order valence-electron chi connectivity index (χ0n) is 10.1. The fraction of sp³-hybridized carbons (Fsp3) is 0.154. The van der Waals surface area contributed by atoms with Gasteiger partial charge in [0.2, 0.25) is 5.91 Å². The van der Waals surface area contributed by atoms with E-state index in [0.29, 0.717) is 18.8 Å². The minimum Gasteiger partial charge on any atom is -0.384 e. The maximum atomic E-state index is 11.9. The maximum Gasteiger partial charge on any atom is 0.328 e. The fourth-order valence-corrected chi connectivity index (χ4v) is 2.18. The molecule has 1 aliphatic heterocycles. The Balaban J connectivity index is 2.10. The molecule has 0 aliphatic carbocycles. The van der Waals surface area contributed by atoms with Gasteiger partial charge >= 0.3 is 6.03 Å². The number of hydrogen-bond acceptors (Lipinski definition) is 4. The van der Waals surface area contributed by atoms with Crippen molar-refractivity contribution in [3.8, 4) is 0 Å². The molecule has 1 aromatic carbocycles. The first-order chi connectivity index (χ1) is 9.15. The van der Waals surface area contributed by atoms with Gasteiger partial charge < -0.3 is 5.73 Å². The third kappa shape index (κ3) is 1.97. The topological polar surface area (TPSA) is 88.3 Å². The minimum atomic E-state index is -0.402. The van der Waals surface area contributed by atoms with E-state index in [1.807, 2.05) is 24.3 Å². The average molecular weight is 256 g/mol. The van der Waals surface area contributed by atoms with E-state index in [2.05, 4.69) is 10.3 Å². The molecule has 3 N–H and O–H groups in total. The number of anilines is 2. The van der Waals surface area contributed by atoms with Gasteiger partial charge in [0.05, 0.1) is 11.2 Å². The molecule has 19 heavy (non-hydrogen) atoms. The number of hydrogen-bond donors (Lipinski definition) is 2. The van der Waals surface area contributed by atoms with E-state index < -0.39 is 6.03 Å². The van der Waals surface area contributed by atoms with Gasteiger partial charge in [0, 0.05) is 18.4 Å². The number of nitrogens with zero attached hydrogens (tertiary/aromatic N) is 2. The van der Waals surface area contributed by atoms with E-state index in [0.717, 1.165) is 16.6 Å². The predicted molar refractivity (Wildman–Crippen MR) is 71.7 cm³/mol. The number of aromatic nitrogens is 1. The molecule has 96 valence electrons. The van der Waals surface area contributed by atoms with Crippen molar-refractivity contribution in [3.63, 3.8) is 0 Å². The molecule has 1 saturated heterocycles. The van der Waals surface area contributed by atoms with E-state index in [1.54, 1.807) is 11.0 Å². The van der Waals surface area contributed by atoms with Gasteiger partial charge in [-0.25, -0.2) is 9.78 Å². The smallest absolute Gasteiger partial charge is 0.328 e. The van der Waals surface area contributed by atoms with Crippen molar-refractivity contribution >= 4 is 34.3 Å². The largest absolute Gasteiger partial charge is 0.384 e. The first-order valence-electron chi connectivity index (χ1n) is 5.92. The number of carbonyl (C=O) groups excluding carboxylic acids is 2. The SMILES string of the molecule is Nc1ccc2c(N3CCC(=O)NC3=O)cccc2n1. The number of imide groups is 1. The first kappa shape index (κ1) is 11.5. The van der Waals surface area contributed by atoms with Crippen LogP contribution in [0, 0.1) is 0 Å². The van der Waals surface area contributed by atoms with Crippen molar-refractivity contribution in [1.82, 2.24) is 10.3 Å². The first-order valence-corrected chi connectivity index (χ1v) is 5.92. The van der Waals surface area contributed by atoms with E-state index >= 15 is 0 Å². The normalized spacial score (nSPS) is 15.7. The lowest BCUT2D eigenvalue weighted by atomic mass is 10.1. The number of carbonyl (C=O) groups is 2. The summed E-state index contributed by atoms with van der Waals surface area (Å²) in [6.45, 7) is 0.369. The van der Waals surface area contributed by atoms with Gasteiger partial charge in [0.1, 0.15) is 5.82 Å². The highest BCUT2D eigenvalue weighted by Crippen LogP contribution is 2.27. The van der Waals surface area contributed by atoms with Gasteiger partial charge in [-0.05, 0) is 24.3 Å². The number of nitrogen functional groups attached to an aromatic ring is 1. The Labute approximate surface area is 109 Å². The summed E-state index contributed by atoms with van der Waals surface area (Å²) >= 11 is 0. The summed E-state index contributed by atoms with van der Waals surface area (Å²) in [7, 11) is 0. The molecule has 1 aromatic heterocycles. The van der Waals surface area contributed by atoms with Crippen molar-refractivity contribution in [1.29, 1.82) is 0 Å². The monoisotopic (exact) mass is 256 g/mol. The number of amides is 3. The molecular formula is C13H12N4O2. The number of pyridine rings is 1. The Bertz CT molecular complexity index is 683. The van der Waals surface area contributed by atoms with E-state index in [9.17, 15) is 9.59 Å². The van der Waals surface area contributed by atoms with Crippen LogP contribution in [0.1, 0.15) is 6.42 Å². The molecule has 6 nitrogen and oxygen atoms in total. The van der Waals surface area contributed by atoms with Crippen LogP contribution >= 0.6 is 0 Å². The lowest BCUT2D eigenvalue weighted by molar-refractivity contribution is -0.120. The average Bonchev–Trinajstić information content (AvgIpc) is 2.38. The maximum absolute atomic E-state index is 11.9. The summed E-state index contributed by atoms with van der Waals surface area (Å²) in [5, 5.41) is 3.14. The minimum absolute atomic E-state index is 0.246. The van der Waals surface area contributed by atoms with Gasteiger partial charge in [0.25, 0.3) is 0 Å². The second kappa shape index (κ2) is 4.24. The molecule has 0 spiro atoms. The van der Waals surface area contributed by atoms with Gasteiger partial charge in [-0.2, -0.15) is 0 Å². The van der Waals surface area contributed by atoms with Crippen molar-refractivity contribution in [2.45, 2.75) is 6.42 Å².